The Kier molecular flexibility index (Phi) is 2.73. The first-order chi connectivity index (χ1) is 9.20. The van der Waals surface area contributed by atoms with Crippen LogP contribution in [0.4, 0.5) is 0 Å². The number of aromatic nitrogens is 2. The Balaban J connectivity index is 1.51. The number of imidazole rings is 1. The van der Waals surface area contributed by atoms with Crippen molar-refractivity contribution in [2.45, 2.75) is 44.6 Å². The van der Waals surface area contributed by atoms with Crippen LogP contribution in [0.15, 0.2) is 12.4 Å². The van der Waals surface area contributed by atoms with Gasteiger partial charge in [-0.05, 0) is 61.7 Å². The molecule has 1 aromatic rings. The molecule has 1 heterocycles. The molecule has 4 saturated carbocycles. The Morgan fingerprint density at radius 3 is 2.37 bits per heavy atom. The highest BCUT2D eigenvalue weighted by Crippen LogP contribution is 2.57. The first-order valence-corrected chi connectivity index (χ1v) is 7.85. The third-order valence-electron chi connectivity index (χ3n) is 6.06. The first kappa shape index (κ1) is 12.0. The lowest BCUT2D eigenvalue weighted by Gasteiger charge is -2.55. The Hall–Kier alpha value is -0.830. The van der Waals surface area contributed by atoms with Crippen LogP contribution in [0, 0.1) is 29.6 Å². The van der Waals surface area contributed by atoms with Crippen LogP contribution in [0.5, 0.6) is 0 Å². The van der Waals surface area contributed by atoms with Crippen molar-refractivity contribution in [3.63, 3.8) is 0 Å². The van der Waals surface area contributed by atoms with Crippen molar-refractivity contribution >= 4 is 0 Å². The van der Waals surface area contributed by atoms with Crippen molar-refractivity contribution in [1.82, 2.24) is 9.55 Å². The fourth-order valence-electron chi connectivity index (χ4n) is 5.51. The van der Waals surface area contributed by atoms with Gasteiger partial charge in [0.1, 0.15) is 5.82 Å². The Labute approximate surface area is 115 Å². The lowest BCUT2D eigenvalue weighted by Crippen LogP contribution is -2.49. The highest BCUT2D eigenvalue weighted by molar-refractivity contribution is 5.02. The molecule has 4 aliphatic carbocycles. The van der Waals surface area contributed by atoms with E-state index >= 15 is 0 Å². The van der Waals surface area contributed by atoms with Crippen LogP contribution in [-0.4, -0.2) is 20.8 Å². The van der Waals surface area contributed by atoms with E-state index in [9.17, 15) is 5.11 Å². The lowest BCUT2D eigenvalue weighted by molar-refractivity contribution is -0.0893. The van der Waals surface area contributed by atoms with Gasteiger partial charge >= 0.3 is 0 Å². The summed E-state index contributed by atoms with van der Waals surface area (Å²) in [7, 11) is 2.02. The minimum absolute atomic E-state index is 0.184. The van der Waals surface area contributed by atoms with Gasteiger partial charge in [0.2, 0.25) is 0 Å². The van der Waals surface area contributed by atoms with Gasteiger partial charge in [-0.3, -0.25) is 0 Å². The van der Waals surface area contributed by atoms with Crippen LogP contribution >= 0.6 is 0 Å². The van der Waals surface area contributed by atoms with E-state index in [-0.39, 0.29) is 6.10 Å². The fourth-order valence-corrected chi connectivity index (χ4v) is 5.51. The Morgan fingerprint density at radius 2 is 1.84 bits per heavy atom. The molecule has 1 aromatic heterocycles. The van der Waals surface area contributed by atoms with Gasteiger partial charge in [0.05, 0.1) is 6.10 Å². The summed E-state index contributed by atoms with van der Waals surface area (Å²) in [5.41, 5.74) is 0. The summed E-state index contributed by atoms with van der Waals surface area (Å²) in [6, 6.07) is 0. The van der Waals surface area contributed by atoms with Crippen molar-refractivity contribution < 1.29 is 5.11 Å². The summed E-state index contributed by atoms with van der Waals surface area (Å²) >= 11 is 0. The second-order valence-corrected chi connectivity index (χ2v) is 7.23. The molecule has 0 saturated heterocycles. The molecule has 0 spiro atoms. The van der Waals surface area contributed by atoms with Gasteiger partial charge in [0, 0.05) is 25.9 Å². The summed E-state index contributed by atoms with van der Waals surface area (Å²) in [5, 5.41) is 10.7. The summed E-state index contributed by atoms with van der Waals surface area (Å²) in [6.07, 6.45) is 11.4. The molecule has 0 radical (unpaired) electrons. The minimum atomic E-state index is -0.184. The molecule has 4 bridgehead atoms. The molecular weight excluding hydrogens is 236 g/mol. The Morgan fingerprint density at radius 1 is 1.21 bits per heavy atom. The Bertz CT molecular complexity index is 439. The predicted octanol–water partition coefficient (Wildman–Crippen LogP) is 2.40. The first-order valence-electron chi connectivity index (χ1n) is 7.85. The van der Waals surface area contributed by atoms with Crippen LogP contribution in [0.1, 0.15) is 37.9 Å². The molecule has 0 amide bonds. The molecule has 1 N–H and O–H groups in total. The van der Waals surface area contributed by atoms with Crippen LogP contribution < -0.4 is 0 Å². The molecule has 4 aliphatic rings. The third-order valence-corrected chi connectivity index (χ3v) is 6.06. The molecule has 1 unspecified atom stereocenters. The van der Waals surface area contributed by atoms with Crippen molar-refractivity contribution in [3.05, 3.63) is 18.2 Å². The number of aliphatic hydroxyl groups is 1. The number of nitrogens with zero attached hydrogens (tertiary/aromatic N) is 2. The standard InChI is InChI=1S/C16H24N2O/c1-18-3-2-17-15(18)9-14(19)16-12-5-10-4-11(7-12)8-13(16)6-10/h2-3,10-14,16,19H,4-9H2,1H3. The van der Waals surface area contributed by atoms with E-state index in [1.165, 1.54) is 32.1 Å². The highest BCUT2D eigenvalue weighted by atomic mass is 16.3. The van der Waals surface area contributed by atoms with Gasteiger partial charge in [0.15, 0.2) is 0 Å². The number of aryl methyl sites for hydroxylation is 1. The molecule has 3 nitrogen and oxygen atoms in total. The highest BCUT2D eigenvalue weighted by Gasteiger charge is 2.50. The molecule has 3 heteroatoms. The SMILES string of the molecule is Cn1ccnc1CC(O)C1C2CC3CC(C2)CC1C3. The summed E-state index contributed by atoms with van der Waals surface area (Å²) in [5.74, 6) is 5.14. The zero-order valence-electron chi connectivity index (χ0n) is 11.7. The van der Waals surface area contributed by atoms with Gasteiger partial charge in [-0.25, -0.2) is 4.98 Å². The number of hydrogen-bond acceptors (Lipinski definition) is 2. The van der Waals surface area contributed by atoms with Crippen molar-refractivity contribution in [2.24, 2.45) is 36.6 Å². The zero-order chi connectivity index (χ0) is 13.0. The smallest absolute Gasteiger partial charge is 0.110 e. The minimum Gasteiger partial charge on any atom is -0.392 e. The maximum absolute atomic E-state index is 10.7. The second kappa shape index (κ2) is 4.34. The molecule has 0 aliphatic heterocycles. The zero-order valence-corrected chi connectivity index (χ0v) is 11.7. The second-order valence-electron chi connectivity index (χ2n) is 7.23. The maximum atomic E-state index is 10.7. The number of hydrogen-bond donors (Lipinski definition) is 1. The molecule has 104 valence electrons. The quantitative estimate of drug-likeness (QED) is 0.906. The average molecular weight is 260 g/mol. The van der Waals surface area contributed by atoms with E-state index in [2.05, 4.69) is 4.98 Å². The monoisotopic (exact) mass is 260 g/mol. The van der Waals surface area contributed by atoms with Crippen molar-refractivity contribution in [3.8, 4) is 0 Å². The molecular formula is C16H24N2O. The van der Waals surface area contributed by atoms with Crippen LogP contribution in [0.25, 0.3) is 0 Å². The van der Waals surface area contributed by atoms with Crippen LogP contribution in [0.2, 0.25) is 0 Å². The topological polar surface area (TPSA) is 38.0 Å². The average Bonchev–Trinajstić information content (AvgIpc) is 2.73. The van der Waals surface area contributed by atoms with Crippen LogP contribution in [-0.2, 0) is 13.5 Å². The van der Waals surface area contributed by atoms with Crippen molar-refractivity contribution in [1.29, 1.82) is 0 Å². The normalized spacial score (nSPS) is 41.7. The van der Waals surface area contributed by atoms with E-state index in [1.807, 2.05) is 24.0 Å². The number of aliphatic hydroxyl groups excluding tert-OH is 1. The van der Waals surface area contributed by atoms with Gasteiger partial charge < -0.3 is 9.67 Å². The molecule has 0 aromatic carbocycles. The maximum Gasteiger partial charge on any atom is 0.110 e. The van der Waals surface area contributed by atoms with Gasteiger partial charge in [-0.1, -0.05) is 0 Å². The van der Waals surface area contributed by atoms with Crippen molar-refractivity contribution in [2.75, 3.05) is 0 Å². The van der Waals surface area contributed by atoms with E-state index in [1.54, 1.807) is 0 Å². The largest absolute Gasteiger partial charge is 0.392 e. The summed E-state index contributed by atoms with van der Waals surface area (Å²) in [4.78, 5) is 4.37. The number of rotatable bonds is 3. The van der Waals surface area contributed by atoms with Gasteiger partial charge in [-0.2, -0.15) is 0 Å². The molecule has 5 rings (SSSR count). The van der Waals surface area contributed by atoms with Gasteiger partial charge in [-0.15, -0.1) is 0 Å². The predicted molar refractivity (Wildman–Crippen MR) is 73.5 cm³/mol. The molecule has 19 heavy (non-hydrogen) atoms. The summed E-state index contributed by atoms with van der Waals surface area (Å²) in [6.45, 7) is 0. The van der Waals surface area contributed by atoms with E-state index in [4.69, 9.17) is 0 Å². The molecule has 4 fully saturated rings. The third kappa shape index (κ3) is 1.94. The fraction of sp³-hybridized carbons (Fsp3) is 0.812. The lowest BCUT2D eigenvalue weighted by atomic mass is 9.50. The van der Waals surface area contributed by atoms with E-state index in [0.717, 1.165) is 35.9 Å². The van der Waals surface area contributed by atoms with E-state index in [0.29, 0.717) is 5.92 Å². The van der Waals surface area contributed by atoms with Gasteiger partial charge in [0.25, 0.3) is 0 Å². The van der Waals surface area contributed by atoms with Crippen LogP contribution in [0.3, 0.4) is 0 Å². The molecule has 1 atom stereocenters. The summed E-state index contributed by atoms with van der Waals surface area (Å²) < 4.78 is 2.04. The van der Waals surface area contributed by atoms with E-state index < -0.39 is 0 Å².